The van der Waals surface area contributed by atoms with Crippen LogP contribution in [0.5, 0.6) is 5.75 Å². The molecule has 1 N–H and O–H groups in total. The lowest BCUT2D eigenvalue weighted by atomic mass is 10.0. The maximum absolute atomic E-state index is 11.9. The summed E-state index contributed by atoms with van der Waals surface area (Å²) in [5, 5.41) is 9.22. The molecule has 0 aliphatic carbocycles. The van der Waals surface area contributed by atoms with E-state index in [9.17, 15) is 14.7 Å². The van der Waals surface area contributed by atoms with Crippen LogP contribution in [0.15, 0.2) is 24.3 Å². The van der Waals surface area contributed by atoms with Crippen LogP contribution in [0, 0.1) is 0 Å². The van der Waals surface area contributed by atoms with Crippen molar-refractivity contribution >= 4 is 11.9 Å². The number of carbonyl (C=O) groups is 2. The van der Waals surface area contributed by atoms with Crippen molar-refractivity contribution in [3.63, 3.8) is 0 Å². The van der Waals surface area contributed by atoms with Gasteiger partial charge >= 0.3 is 5.97 Å². The molecule has 1 heterocycles. The number of carbonyl (C=O) groups excluding carboxylic acids is 2. The standard InChI is InChI=1S/C15H19NO5/c1-11(12-2-4-13(17)5-3-12)15(19)21-10-14(18)16-6-8-20-9-7-16/h2-5,11,17H,6-10H2,1H3. The molecule has 6 heteroatoms. The molecule has 1 saturated heterocycles. The van der Waals surface area contributed by atoms with Gasteiger partial charge in [-0.15, -0.1) is 0 Å². The zero-order valence-corrected chi connectivity index (χ0v) is 11.9. The Kier molecular flexibility index (Phi) is 5.16. The third kappa shape index (κ3) is 4.19. The van der Waals surface area contributed by atoms with Crippen LogP contribution in [0.3, 0.4) is 0 Å². The average molecular weight is 293 g/mol. The highest BCUT2D eigenvalue weighted by atomic mass is 16.5. The van der Waals surface area contributed by atoms with Gasteiger partial charge in [0.25, 0.3) is 5.91 Å². The first kappa shape index (κ1) is 15.3. The Morgan fingerprint density at radius 2 is 1.90 bits per heavy atom. The lowest BCUT2D eigenvalue weighted by Crippen LogP contribution is -2.42. The third-order valence-electron chi connectivity index (χ3n) is 3.45. The predicted octanol–water partition coefficient (Wildman–Crippen LogP) is 0.898. The molecule has 0 bridgehead atoms. The number of nitrogens with zero attached hydrogens (tertiary/aromatic N) is 1. The summed E-state index contributed by atoms with van der Waals surface area (Å²) in [7, 11) is 0. The van der Waals surface area contributed by atoms with Crippen LogP contribution in [-0.2, 0) is 19.1 Å². The van der Waals surface area contributed by atoms with Crippen LogP contribution in [0.25, 0.3) is 0 Å². The van der Waals surface area contributed by atoms with Gasteiger partial charge in [0.1, 0.15) is 5.75 Å². The molecule has 0 saturated carbocycles. The summed E-state index contributed by atoms with van der Waals surface area (Å²) < 4.78 is 10.2. The molecular formula is C15H19NO5. The Hall–Kier alpha value is -2.08. The summed E-state index contributed by atoms with van der Waals surface area (Å²) in [5.74, 6) is -1.00. The fraction of sp³-hybridized carbons (Fsp3) is 0.467. The average Bonchev–Trinajstić information content (AvgIpc) is 2.53. The van der Waals surface area contributed by atoms with E-state index in [1.54, 1.807) is 24.0 Å². The molecule has 1 fully saturated rings. The summed E-state index contributed by atoms with van der Waals surface area (Å²) in [4.78, 5) is 25.4. The molecule has 1 aromatic carbocycles. The fourth-order valence-corrected chi connectivity index (χ4v) is 2.06. The first-order chi connectivity index (χ1) is 10.1. The Labute approximate surface area is 123 Å². The molecule has 1 amide bonds. The third-order valence-corrected chi connectivity index (χ3v) is 3.45. The van der Waals surface area contributed by atoms with Gasteiger partial charge in [-0.1, -0.05) is 12.1 Å². The van der Waals surface area contributed by atoms with Crippen LogP contribution < -0.4 is 0 Å². The van der Waals surface area contributed by atoms with E-state index in [-0.39, 0.29) is 18.3 Å². The van der Waals surface area contributed by atoms with Crippen molar-refractivity contribution in [3.8, 4) is 5.75 Å². The van der Waals surface area contributed by atoms with Crippen molar-refractivity contribution in [1.82, 2.24) is 4.90 Å². The summed E-state index contributed by atoms with van der Waals surface area (Å²) >= 11 is 0. The number of morpholine rings is 1. The Balaban J connectivity index is 1.83. The summed E-state index contributed by atoms with van der Waals surface area (Å²) in [5.41, 5.74) is 0.733. The van der Waals surface area contributed by atoms with Gasteiger partial charge in [-0.25, -0.2) is 0 Å². The number of hydrogen-bond acceptors (Lipinski definition) is 5. The van der Waals surface area contributed by atoms with Crippen LogP contribution >= 0.6 is 0 Å². The van der Waals surface area contributed by atoms with E-state index in [0.717, 1.165) is 5.56 Å². The summed E-state index contributed by atoms with van der Waals surface area (Å²) in [6, 6.07) is 6.34. The first-order valence-electron chi connectivity index (χ1n) is 6.89. The topological polar surface area (TPSA) is 76.1 Å². The number of phenols is 1. The SMILES string of the molecule is CC(C(=O)OCC(=O)N1CCOCC1)c1ccc(O)cc1. The number of amides is 1. The van der Waals surface area contributed by atoms with Gasteiger partial charge in [-0.2, -0.15) is 0 Å². The number of aromatic hydroxyl groups is 1. The Bertz CT molecular complexity index is 493. The second-order valence-corrected chi connectivity index (χ2v) is 4.91. The molecule has 0 aromatic heterocycles. The minimum atomic E-state index is -0.483. The van der Waals surface area contributed by atoms with Crippen LogP contribution in [-0.4, -0.2) is 54.8 Å². The molecule has 1 unspecified atom stereocenters. The minimum Gasteiger partial charge on any atom is -0.508 e. The molecule has 0 spiro atoms. The van der Waals surface area contributed by atoms with E-state index in [2.05, 4.69) is 0 Å². The minimum absolute atomic E-state index is 0.141. The molecule has 1 aromatic rings. The molecular weight excluding hydrogens is 274 g/mol. The molecule has 1 aliphatic heterocycles. The number of rotatable bonds is 4. The second-order valence-electron chi connectivity index (χ2n) is 4.91. The van der Waals surface area contributed by atoms with Gasteiger partial charge in [0.05, 0.1) is 19.1 Å². The molecule has 0 radical (unpaired) electrons. The van der Waals surface area contributed by atoms with Gasteiger partial charge in [0.2, 0.25) is 0 Å². The fourth-order valence-electron chi connectivity index (χ4n) is 2.06. The van der Waals surface area contributed by atoms with Crippen LogP contribution in [0.4, 0.5) is 0 Å². The van der Waals surface area contributed by atoms with E-state index in [0.29, 0.717) is 26.3 Å². The summed E-state index contributed by atoms with van der Waals surface area (Å²) in [6.07, 6.45) is 0. The lowest BCUT2D eigenvalue weighted by Gasteiger charge is -2.26. The van der Waals surface area contributed by atoms with E-state index in [1.807, 2.05) is 0 Å². The molecule has 2 rings (SSSR count). The highest BCUT2D eigenvalue weighted by Crippen LogP contribution is 2.19. The first-order valence-corrected chi connectivity index (χ1v) is 6.89. The number of hydrogen-bond donors (Lipinski definition) is 1. The highest BCUT2D eigenvalue weighted by molar-refractivity contribution is 5.83. The van der Waals surface area contributed by atoms with Crippen molar-refractivity contribution in [2.45, 2.75) is 12.8 Å². The maximum Gasteiger partial charge on any atom is 0.313 e. The zero-order valence-electron chi connectivity index (χ0n) is 11.9. The van der Waals surface area contributed by atoms with Crippen LogP contribution in [0.1, 0.15) is 18.4 Å². The van der Waals surface area contributed by atoms with Gasteiger partial charge in [-0.3, -0.25) is 9.59 Å². The lowest BCUT2D eigenvalue weighted by molar-refractivity contribution is -0.154. The molecule has 6 nitrogen and oxygen atoms in total. The quantitative estimate of drug-likeness (QED) is 0.835. The molecule has 1 atom stereocenters. The number of esters is 1. The number of phenolic OH excluding ortho intramolecular Hbond substituents is 1. The van der Waals surface area contributed by atoms with E-state index in [1.165, 1.54) is 12.1 Å². The van der Waals surface area contributed by atoms with E-state index < -0.39 is 11.9 Å². The van der Waals surface area contributed by atoms with E-state index >= 15 is 0 Å². The normalized spacial score (nSPS) is 16.3. The maximum atomic E-state index is 11.9. The van der Waals surface area contributed by atoms with Gasteiger partial charge in [0, 0.05) is 13.1 Å². The number of ether oxygens (including phenoxy) is 2. The van der Waals surface area contributed by atoms with Crippen molar-refractivity contribution < 1.29 is 24.2 Å². The van der Waals surface area contributed by atoms with Crippen molar-refractivity contribution in [2.24, 2.45) is 0 Å². The van der Waals surface area contributed by atoms with Crippen LogP contribution in [0.2, 0.25) is 0 Å². The van der Waals surface area contributed by atoms with Crippen molar-refractivity contribution in [3.05, 3.63) is 29.8 Å². The predicted molar refractivity (Wildman–Crippen MR) is 74.9 cm³/mol. The molecule has 114 valence electrons. The van der Waals surface area contributed by atoms with Gasteiger partial charge < -0.3 is 19.5 Å². The molecule has 21 heavy (non-hydrogen) atoms. The second kappa shape index (κ2) is 7.08. The van der Waals surface area contributed by atoms with Crippen molar-refractivity contribution in [2.75, 3.05) is 32.9 Å². The van der Waals surface area contributed by atoms with Crippen molar-refractivity contribution in [1.29, 1.82) is 0 Å². The summed E-state index contributed by atoms with van der Waals surface area (Å²) in [6.45, 7) is 3.55. The Morgan fingerprint density at radius 3 is 2.52 bits per heavy atom. The Morgan fingerprint density at radius 1 is 1.29 bits per heavy atom. The molecule has 1 aliphatic rings. The zero-order chi connectivity index (χ0) is 15.2. The number of benzene rings is 1. The smallest absolute Gasteiger partial charge is 0.313 e. The van der Waals surface area contributed by atoms with E-state index in [4.69, 9.17) is 9.47 Å². The van der Waals surface area contributed by atoms with Gasteiger partial charge in [-0.05, 0) is 24.6 Å². The largest absolute Gasteiger partial charge is 0.508 e. The monoisotopic (exact) mass is 293 g/mol. The highest BCUT2D eigenvalue weighted by Gasteiger charge is 2.21. The van der Waals surface area contributed by atoms with Gasteiger partial charge in [0.15, 0.2) is 6.61 Å².